The Morgan fingerprint density at radius 2 is 1.55 bits per heavy atom. The first-order valence-electron chi connectivity index (χ1n) is 13.2. The molecule has 174 valence electrons. The molecule has 0 saturated carbocycles. The molecule has 31 heavy (non-hydrogen) atoms. The third-order valence-corrected chi connectivity index (χ3v) is 7.46. The van der Waals surface area contributed by atoms with Crippen molar-refractivity contribution in [3.63, 3.8) is 0 Å². The van der Waals surface area contributed by atoms with Crippen LogP contribution in [0, 0.1) is 5.41 Å². The Morgan fingerprint density at radius 1 is 0.903 bits per heavy atom. The number of nitrogens with zero attached hydrogens (tertiary/aromatic N) is 1. The lowest BCUT2D eigenvalue weighted by Crippen LogP contribution is -2.34. The van der Waals surface area contributed by atoms with Gasteiger partial charge in [0.15, 0.2) is 0 Å². The molecular formula is C29H48N2. The maximum Gasteiger partial charge on any atom is 0.0970 e. The van der Waals surface area contributed by atoms with Crippen molar-refractivity contribution in [3.05, 3.63) is 34.9 Å². The van der Waals surface area contributed by atoms with Gasteiger partial charge in [-0.2, -0.15) is 0 Å². The number of rotatable bonds is 3. The molecule has 0 bridgehead atoms. The Labute approximate surface area is 192 Å². The highest BCUT2D eigenvalue weighted by molar-refractivity contribution is 5.82. The zero-order chi connectivity index (χ0) is 22.3. The van der Waals surface area contributed by atoms with Crippen molar-refractivity contribution in [1.29, 1.82) is 0 Å². The minimum Gasteiger partial charge on any atom is -0.374 e. The number of benzene rings is 1. The second-order valence-corrected chi connectivity index (χ2v) is 11.7. The second-order valence-electron chi connectivity index (χ2n) is 11.7. The predicted octanol–water partition coefficient (Wildman–Crippen LogP) is 8.29. The molecule has 0 spiro atoms. The van der Waals surface area contributed by atoms with Crippen LogP contribution in [0.25, 0.3) is 0 Å². The highest BCUT2D eigenvalue weighted by Gasteiger charge is 2.37. The van der Waals surface area contributed by atoms with Crippen molar-refractivity contribution in [3.8, 4) is 0 Å². The van der Waals surface area contributed by atoms with Crippen LogP contribution in [0.4, 0.5) is 0 Å². The lowest BCUT2D eigenvalue weighted by molar-refractivity contribution is 0.231. The Kier molecular flexibility index (Phi) is 8.65. The normalized spacial score (nSPS) is 24.7. The topological polar surface area (TPSA) is 24.4 Å². The average molecular weight is 425 g/mol. The molecule has 1 aromatic rings. The zero-order valence-corrected chi connectivity index (χ0v) is 21.2. The summed E-state index contributed by atoms with van der Waals surface area (Å²) in [6.07, 6.45) is 16.9. The maximum atomic E-state index is 5.31. The summed E-state index contributed by atoms with van der Waals surface area (Å²) in [5.74, 6) is 1.25. The molecule has 3 rings (SSSR count). The molecule has 1 atom stereocenters. The lowest BCUT2D eigenvalue weighted by atomic mass is 9.62. The third-order valence-electron chi connectivity index (χ3n) is 7.46. The summed E-state index contributed by atoms with van der Waals surface area (Å²) < 4.78 is 0. The molecule has 0 amide bonds. The Balaban J connectivity index is 1.78. The number of amidine groups is 1. The van der Waals surface area contributed by atoms with Gasteiger partial charge in [-0.15, -0.1) is 0 Å². The quantitative estimate of drug-likeness (QED) is 0.518. The van der Waals surface area contributed by atoms with Gasteiger partial charge in [-0.3, -0.25) is 4.99 Å². The molecule has 1 N–H and O–H groups in total. The van der Waals surface area contributed by atoms with Gasteiger partial charge in [0.25, 0.3) is 0 Å². The van der Waals surface area contributed by atoms with Crippen LogP contribution in [0.1, 0.15) is 134 Å². The molecule has 1 fully saturated rings. The van der Waals surface area contributed by atoms with Crippen molar-refractivity contribution in [2.45, 2.75) is 130 Å². The van der Waals surface area contributed by atoms with Crippen molar-refractivity contribution < 1.29 is 0 Å². The number of hydrogen-bond donors (Lipinski definition) is 1. The Hall–Kier alpha value is -1.31. The SMILES string of the molecule is CCC(N=C1CCCCCCCCCCCN1)c1ccc2c(c1)C(C)(C)CC(C)(C)C2. The largest absolute Gasteiger partial charge is 0.374 e. The lowest BCUT2D eigenvalue weighted by Gasteiger charge is -2.42. The molecule has 1 unspecified atom stereocenters. The van der Waals surface area contributed by atoms with Crippen LogP contribution in [-0.4, -0.2) is 12.4 Å². The van der Waals surface area contributed by atoms with E-state index in [-0.39, 0.29) is 11.5 Å². The van der Waals surface area contributed by atoms with E-state index in [1.54, 1.807) is 11.1 Å². The summed E-state index contributed by atoms with van der Waals surface area (Å²) in [6.45, 7) is 13.1. The first-order chi connectivity index (χ1) is 14.8. The molecule has 1 aromatic carbocycles. The highest BCUT2D eigenvalue weighted by atomic mass is 15.0. The van der Waals surface area contributed by atoms with Gasteiger partial charge >= 0.3 is 0 Å². The fourth-order valence-corrected chi connectivity index (χ4v) is 6.13. The smallest absolute Gasteiger partial charge is 0.0970 e. The zero-order valence-electron chi connectivity index (χ0n) is 21.2. The maximum absolute atomic E-state index is 5.31. The van der Waals surface area contributed by atoms with Crippen LogP contribution in [0.3, 0.4) is 0 Å². The van der Waals surface area contributed by atoms with Gasteiger partial charge < -0.3 is 5.32 Å². The van der Waals surface area contributed by atoms with E-state index >= 15 is 0 Å². The monoisotopic (exact) mass is 424 g/mol. The minimum absolute atomic E-state index is 0.239. The predicted molar refractivity (Wildman–Crippen MR) is 136 cm³/mol. The molecule has 1 aliphatic carbocycles. The Bertz CT molecular complexity index is 712. The van der Waals surface area contributed by atoms with Crippen LogP contribution in [0.5, 0.6) is 0 Å². The van der Waals surface area contributed by atoms with Crippen molar-refractivity contribution in [1.82, 2.24) is 5.32 Å². The highest BCUT2D eigenvalue weighted by Crippen LogP contribution is 2.46. The van der Waals surface area contributed by atoms with Gasteiger partial charge in [0, 0.05) is 13.0 Å². The van der Waals surface area contributed by atoms with Gasteiger partial charge in [-0.25, -0.2) is 0 Å². The number of hydrogen-bond acceptors (Lipinski definition) is 1. The van der Waals surface area contributed by atoms with Gasteiger partial charge in [0.2, 0.25) is 0 Å². The van der Waals surface area contributed by atoms with E-state index < -0.39 is 0 Å². The number of aliphatic imine (C=N–C) groups is 1. The fraction of sp³-hybridized carbons (Fsp3) is 0.759. The average Bonchev–Trinajstić information content (AvgIpc) is 2.72. The van der Waals surface area contributed by atoms with Crippen LogP contribution in [0.15, 0.2) is 23.2 Å². The van der Waals surface area contributed by atoms with Crippen LogP contribution in [-0.2, 0) is 11.8 Å². The minimum atomic E-state index is 0.239. The summed E-state index contributed by atoms with van der Waals surface area (Å²) in [7, 11) is 0. The van der Waals surface area contributed by atoms with Gasteiger partial charge in [-0.1, -0.05) is 97.8 Å². The molecule has 0 aromatic heterocycles. The molecule has 1 aliphatic heterocycles. The molecule has 1 heterocycles. The van der Waals surface area contributed by atoms with E-state index in [2.05, 4.69) is 58.1 Å². The summed E-state index contributed by atoms with van der Waals surface area (Å²) in [5, 5.41) is 3.73. The summed E-state index contributed by atoms with van der Waals surface area (Å²) in [5.41, 5.74) is 5.14. The number of fused-ring (bicyclic) bond motifs is 1. The van der Waals surface area contributed by atoms with E-state index in [1.807, 2.05) is 0 Å². The molecule has 0 radical (unpaired) electrons. The van der Waals surface area contributed by atoms with Crippen molar-refractivity contribution in [2.24, 2.45) is 10.4 Å². The van der Waals surface area contributed by atoms with Crippen molar-refractivity contribution >= 4 is 5.84 Å². The molecule has 2 aliphatic rings. The third kappa shape index (κ3) is 7.09. The van der Waals surface area contributed by atoms with Crippen LogP contribution in [0.2, 0.25) is 0 Å². The van der Waals surface area contributed by atoms with Gasteiger partial charge in [-0.05, 0) is 59.6 Å². The van der Waals surface area contributed by atoms with Gasteiger partial charge in [0.05, 0.1) is 11.9 Å². The first-order valence-corrected chi connectivity index (χ1v) is 13.2. The Morgan fingerprint density at radius 3 is 2.23 bits per heavy atom. The van der Waals surface area contributed by atoms with E-state index in [4.69, 9.17) is 4.99 Å². The van der Waals surface area contributed by atoms with Crippen molar-refractivity contribution in [2.75, 3.05) is 6.54 Å². The van der Waals surface area contributed by atoms with E-state index in [0.717, 1.165) is 19.4 Å². The summed E-state index contributed by atoms with van der Waals surface area (Å²) in [4.78, 5) is 5.31. The summed E-state index contributed by atoms with van der Waals surface area (Å²) in [6, 6.07) is 7.55. The summed E-state index contributed by atoms with van der Waals surface area (Å²) >= 11 is 0. The van der Waals surface area contributed by atoms with E-state index in [9.17, 15) is 0 Å². The number of nitrogens with one attached hydrogen (secondary N) is 1. The second kappa shape index (κ2) is 11.0. The van der Waals surface area contributed by atoms with E-state index in [0.29, 0.717) is 5.41 Å². The molecule has 2 heteroatoms. The standard InChI is InChI=1S/C29H48N2/c1-6-26(31-27-16-14-12-10-8-7-9-11-13-15-19-30-27)23-17-18-24-21-28(2,3)22-29(4,5)25(24)20-23/h17-18,20,26H,6-16,19,21-22H2,1-5H3,(H,30,31). The molecule has 1 saturated heterocycles. The van der Waals surface area contributed by atoms with Crippen LogP contribution >= 0.6 is 0 Å². The van der Waals surface area contributed by atoms with Gasteiger partial charge in [0.1, 0.15) is 0 Å². The van der Waals surface area contributed by atoms with Crippen LogP contribution < -0.4 is 5.32 Å². The van der Waals surface area contributed by atoms with E-state index in [1.165, 1.54) is 82.0 Å². The molecule has 2 nitrogen and oxygen atoms in total. The first kappa shape index (κ1) is 24.3. The fourth-order valence-electron chi connectivity index (χ4n) is 6.13. The molecular weight excluding hydrogens is 376 g/mol.